The van der Waals surface area contributed by atoms with Crippen molar-refractivity contribution in [2.75, 3.05) is 12.4 Å². The summed E-state index contributed by atoms with van der Waals surface area (Å²) < 4.78 is 5.15. The number of rotatable bonds is 2. The molecule has 3 heteroatoms. The summed E-state index contributed by atoms with van der Waals surface area (Å²) in [5, 5.41) is 7.41. The van der Waals surface area contributed by atoms with Crippen LogP contribution in [0.15, 0.2) is 35.1 Å². The summed E-state index contributed by atoms with van der Waals surface area (Å²) in [6.07, 6.45) is 2.83. The van der Waals surface area contributed by atoms with E-state index in [1.165, 1.54) is 11.1 Å². The number of aromatic nitrogens is 1. The lowest BCUT2D eigenvalue weighted by Gasteiger charge is -2.34. The average Bonchev–Trinajstić information content (AvgIpc) is 2.91. The van der Waals surface area contributed by atoms with Gasteiger partial charge in [-0.3, -0.25) is 0 Å². The van der Waals surface area contributed by atoms with E-state index in [0.29, 0.717) is 17.8 Å². The van der Waals surface area contributed by atoms with E-state index < -0.39 is 0 Å². The first-order valence-electron chi connectivity index (χ1n) is 6.93. The van der Waals surface area contributed by atoms with Gasteiger partial charge in [0, 0.05) is 13.0 Å². The van der Waals surface area contributed by atoms with Crippen molar-refractivity contribution in [3.63, 3.8) is 0 Å². The van der Waals surface area contributed by atoms with Gasteiger partial charge < -0.3 is 9.84 Å². The number of anilines is 1. The summed E-state index contributed by atoms with van der Waals surface area (Å²) in [5.74, 6) is 1.47. The van der Waals surface area contributed by atoms with Crippen molar-refractivity contribution in [2.45, 2.75) is 38.0 Å². The lowest BCUT2D eigenvalue weighted by Crippen LogP contribution is -2.20. The number of nitrogens with zero attached hydrogens (tertiary/aromatic N) is 1. The fourth-order valence-corrected chi connectivity index (χ4v) is 3.35. The van der Waals surface area contributed by atoms with E-state index in [1.807, 2.05) is 7.05 Å². The minimum Gasteiger partial charge on any atom is -0.384 e. The first kappa shape index (κ1) is 12.3. The Morgan fingerprint density at radius 1 is 1.21 bits per heavy atom. The maximum atomic E-state index is 5.15. The Morgan fingerprint density at radius 2 is 1.95 bits per heavy atom. The molecule has 1 N–H and O–H groups in total. The molecule has 100 valence electrons. The van der Waals surface area contributed by atoms with Gasteiger partial charge >= 0.3 is 0 Å². The third-order valence-corrected chi connectivity index (χ3v) is 4.45. The summed E-state index contributed by atoms with van der Waals surface area (Å²) in [6.45, 7) is 4.60. The molecular weight excluding hydrogens is 236 g/mol. The Bertz CT molecular complexity index is 576. The van der Waals surface area contributed by atoms with Crippen LogP contribution in [-0.2, 0) is 0 Å². The van der Waals surface area contributed by atoms with Gasteiger partial charge in [-0.2, -0.15) is 0 Å². The Hall–Kier alpha value is -1.77. The van der Waals surface area contributed by atoms with Crippen LogP contribution in [0.25, 0.3) is 0 Å². The molecule has 2 aromatic rings. The minimum absolute atomic E-state index is 0.422. The highest BCUT2D eigenvalue weighted by Crippen LogP contribution is 2.48. The fourth-order valence-electron chi connectivity index (χ4n) is 3.35. The molecule has 0 saturated carbocycles. The molecule has 1 aromatic carbocycles. The first-order valence-corrected chi connectivity index (χ1v) is 6.93. The van der Waals surface area contributed by atoms with Crippen LogP contribution in [0, 0.1) is 0 Å². The summed E-state index contributed by atoms with van der Waals surface area (Å²) >= 11 is 0. The number of benzene rings is 1. The van der Waals surface area contributed by atoms with Crippen molar-refractivity contribution in [1.82, 2.24) is 5.16 Å². The molecule has 0 bridgehead atoms. The molecule has 3 nitrogen and oxygen atoms in total. The molecule has 0 saturated heterocycles. The van der Waals surface area contributed by atoms with Gasteiger partial charge in [-0.1, -0.05) is 43.3 Å². The van der Waals surface area contributed by atoms with E-state index in [0.717, 1.165) is 17.8 Å². The van der Waals surface area contributed by atoms with Crippen molar-refractivity contribution in [2.24, 2.45) is 0 Å². The van der Waals surface area contributed by atoms with Crippen molar-refractivity contribution < 1.29 is 4.52 Å². The van der Waals surface area contributed by atoms with Crippen LogP contribution in [0.1, 0.15) is 54.8 Å². The third kappa shape index (κ3) is 1.93. The summed E-state index contributed by atoms with van der Waals surface area (Å²) in [5.41, 5.74) is 5.02. The minimum atomic E-state index is 0.422. The van der Waals surface area contributed by atoms with E-state index in [9.17, 15) is 0 Å². The Balaban J connectivity index is 2.03. The Kier molecular flexibility index (Phi) is 3.05. The quantitative estimate of drug-likeness (QED) is 0.878. The summed E-state index contributed by atoms with van der Waals surface area (Å²) in [7, 11) is 1.92. The summed E-state index contributed by atoms with van der Waals surface area (Å²) in [6, 6.07) is 8.78. The molecule has 3 atom stereocenters. The van der Waals surface area contributed by atoms with E-state index in [2.05, 4.69) is 48.6 Å². The van der Waals surface area contributed by atoms with Gasteiger partial charge in [0.1, 0.15) is 12.0 Å². The predicted octanol–water partition coefficient (Wildman–Crippen LogP) is 4.11. The molecule has 1 aromatic heterocycles. The maximum absolute atomic E-state index is 5.15. The number of hydrogen-bond acceptors (Lipinski definition) is 3. The smallest absolute Gasteiger partial charge is 0.147 e. The van der Waals surface area contributed by atoms with Gasteiger partial charge in [0.25, 0.3) is 0 Å². The van der Waals surface area contributed by atoms with E-state index in [-0.39, 0.29) is 0 Å². The van der Waals surface area contributed by atoms with Gasteiger partial charge in [0.2, 0.25) is 0 Å². The maximum Gasteiger partial charge on any atom is 0.147 e. The molecule has 0 fully saturated rings. The molecule has 0 spiro atoms. The third-order valence-electron chi connectivity index (χ3n) is 4.45. The van der Waals surface area contributed by atoms with Crippen LogP contribution in [0.4, 0.5) is 5.69 Å². The van der Waals surface area contributed by atoms with Crippen LogP contribution in [-0.4, -0.2) is 12.2 Å². The molecule has 0 radical (unpaired) electrons. The second kappa shape index (κ2) is 4.72. The molecule has 1 aliphatic carbocycles. The molecule has 1 aliphatic rings. The lowest BCUT2D eigenvalue weighted by molar-refractivity contribution is 0.380. The van der Waals surface area contributed by atoms with Gasteiger partial charge in [-0.05, 0) is 29.4 Å². The number of hydrogen-bond donors (Lipinski definition) is 1. The molecule has 3 rings (SSSR count). The molecule has 0 amide bonds. The highest BCUT2D eigenvalue weighted by Gasteiger charge is 2.34. The molecule has 3 unspecified atom stereocenters. The van der Waals surface area contributed by atoms with Crippen molar-refractivity contribution in [3.8, 4) is 0 Å². The SMILES string of the molecule is CNc1conc1C1CC(C)c2ccccc2C1C. The predicted molar refractivity (Wildman–Crippen MR) is 76.7 cm³/mol. The highest BCUT2D eigenvalue weighted by molar-refractivity contribution is 5.49. The highest BCUT2D eigenvalue weighted by atomic mass is 16.5. The lowest BCUT2D eigenvalue weighted by atomic mass is 9.70. The van der Waals surface area contributed by atoms with Gasteiger partial charge in [-0.25, -0.2) is 0 Å². The molecular formula is C16H20N2O. The van der Waals surface area contributed by atoms with Crippen molar-refractivity contribution in [1.29, 1.82) is 0 Å². The number of fused-ring (bicyclic) bond motifs is 1. The molecule has 0 aliphatic heterocycles. The zero-order chi connectivity index (χ0) is 13.4. The topological polar surface area (TPSA) is 38.1 Å². The van der Waals surface area contributed by atoms with Crippen LogP contribution >= 0.6 is 0 Å². The zero-order valence-electron chi connectivity index (χ0n) is 11.7. The average molecular weight is 256 g/mol. The standard InChI is InChI=1S/C16H20N2O/c1-10-8-14(16-15(17-3)9-19-18-16)11(2)13-7-5-4-6-12(10)13/h4-7,9-11,14,17H,8H2,1-3H3. The van der Waals surface area contributed by atoms with E-state index in [4.69, 9.17) is 4.52 Å². The van der Waals surface area contributed by atoms with Gasteiger partial charge in [0.15, 0.2) is 0 Å². The monoisotopic (exact) mass is 256 g/mol. The van der Waals surface area contributed by atoms with E-state index in [1.54, 1.807) is 6.26 Å². The second-order valence-corrected chi connectivity index (χ2v) is 5.52. The zero-order valence-corrected chi connectivity index (χ0v) is 11.7. The Morgan fingerprint density at radius 3 is 2.68 bits per heavy atom. The second-order valence-electron chi connectivity index (χ2n) is 5.52. The normalized spacial score (nSPS) is 25.9. The fraction of sp³-hybridized carbons (Fsp3) is 0.438. The van der Waals surface area contributed by atoms with E-state index >= 15 is 0 Å². The Labute approximate surface area is 114 Å². The van der Waals surface area contributed by atoms with Crippen LogP contribution in [0.2, 0.25) is 0 Å². The van der Waals surface area contributed by atoms with Gasteiger partial charge in [-0.15, -0.1) is 0 Å². The summed E-state index contributed by atoms with van der Waals surface area (Å²) in [4.78, 5) is 0. The van der Waals surface area contributed by atoms with Gasteiger partial charge in [0.05, 0.1) is 5.69 Å². The van der Waals surface area contributed by atoms with Crippen LogP contribution in [0.3, 0.4) is 0 Å². The first-order chi connectivity index (χ1) is 9.22. The largest absolute Gasteiger partial charge is 0.384 e. The van der Waals surface area contributed by atoms with Crippen LogP contribution in [0.5, 0.6) is 0 Å². The van der Waals surface area contributed by atoms with Crippen molar-refractivity contribution >= 4 is 5.69 Å². The van der Waals surface area contributed by atoms with Crippen LogP contribution < -0.4 is 5.32 Å². The number of nitrogens with one attached hydrogen (secondary N) is 1. The van der Waals surface area contributed by atoms with Crippen molar-refractivity contribution in [3.05, 3.63) is 47.3 Å². The molecule has 19 heavy (non-hydrogen) atoms. The molecule has 1 heterocycles.